The van der Waals surface area contributed by atoms with Gasteiger partial charge < -0.3 is 18.8 Å². The van der Waals surface area contributed by atoms with E-state index in [1.54, 1.807) is 12.3 Å². The lowest BCUT2D eigenvalue weighted by Gasteiger charge is -2.17. The molecule has 1 atom stereocenters. The van der Waals surface area contributed by atoms with Gasteiger partial charge in [-0.05, 0) is 39.2 Å². The van der Waals surface area contributed by atoms with E-state index in [0.29, 0.717) is 17.9 Å². The first kappa shape index (κ1) is 17.8. The van der Waals surface area contributed by atoms with Gasteiger partial charge in [-0.3, -0.25) is 0 Å². The Hall–Kier alpha value is -3.04. The van der Waals surface area contributed by atoms with Crippen LogP contribution in [0.3, 0.4) is 0 Å². The molecule has 0 bridgehead atoms. The molecule has 0 spiro atoms. The molecule has 0 saturated carbocycles. The molecule has 0 saturated heterocycles. The van der Waals surface area contributed by atoms with Crippen molar-refractivity contribution in [3.63, 3.8) is 0 Å². The quantitative estimate of drug-likeness (QED) is 0.639. The zero-order chi connectivity index (χ0) is 18.7. The number of carbonyl (C=O) groups excluding carboxylic acids is 1. The van der Waals surface area contributed by atoms with E-state index in [1.165, 1.54) is 0 Å². The maximum absolute atomic E-state index is 12.9. The van der Waals surface area contributed by atoms with Gasteiger partial charge in [-0.1, -0.05) is 18.2 Å². The van der Waals surface area contributed by atoms with Gasteiger partial charge in [-0.25, -0.2) is 4.79 Å². The van der Waals surface area contributed by atoms with Crippen LogP contribution in [0.4, 0.5) is 0 Å². The number of fused-ring (bicyclic) bond motifs is 3. The van der Waals surface area contributed by atoms with Crippen molar-refractivity contribution < 1.29 is 14.3 Å². The third-order valence-corrected chi connectivity index (χ3v) is 4.05. The van der Waals surface area contributed by atoms with E-state index < -0.39 is 0 Å². The summed E-state index contributed by atoms with van der Waals surface area (Å²) < 4.78 is 12.9. The lowest BCUT2D eigenvalue weighted by atomic mass is 10.1. The number of nitriles is 1. The summed E-state index contributed by atoms with van der Waals surface area (Å²) in [5, 5.41) is 9.52. The zero-order valence-electron chi connectivity index (χ0n) is 15.1. The second-order valence-electron chi connectivity index (χ2n) is 6.44. The summed E-state index contributed by atoms with van der Waals surface area (Å²) in [5.41, 5.74) is 2.17. The van der Waals surface area contributed by atoms with Gasteiger partial charge in [-0.15, -0.1) is 0 Å². The molecule has 2 heterocycles. The van der Waals surface area contributed by atoms with Gasteiger partial charge in [0.15, 0.2) is 6.61 Å². The average Bonchev–Trinajstić information content (AvgIpc) is 2.93. The Morgan fingerprint density at radius 3 is 2.73 bits per heavy atom. The summed E-state index contributed by atoms with van der Waals surface area (Å²) in [4.78, 5) is 14.8. The summed E-state index contributed by atoms with van der Waals surface area (Å²) >= 11 is 0. The Kier molecular flexibility index (Phi) is 5.10. The van der Waals surface area contributed by atoms with Crippen molar-refractivity contribution in [2.75, 3.05) is 27.2 Å². The highest BCUT2D eigenvalue weighted by atomic mass is 16.5. The van der Waals surface area contributed by atoms with Crippen LogP contribution in [-0.4, -0.2) is 48.6 Å². The van der Waals surface area contributed by atoms with Gasteiger partial charge in [0.05, 0.1) is 22.8 Å². The molecule has 0 aliphatic rings. The molecule has 0 amide bonds. The van der Waals surface area contributed by atoms with Crippen LogP contribution in [0.1, 0.15) is 17.3 Å². The molecular formula is C20H21N3O3. The van der Waals surface area contributed by atoms with Gasteiger partial charge in [-0.2, -0.15) is 5.26 Å². The molecule has 0 N–H and O–H groups in total. The number of para-hydroxylation sites is 1. The second-order valence-corrected chi connectivity index (χ2v) is 6.44. The number of pyridine rings is 1. The number of benzene rings is 1. The molecule has 6 nitrogen and oxygen atoms in total. The van der Waals surface area contributed by atoms with Crippen LogP contribution >= 0.6 is 0 Å². The molecule has 6 heteroatoms. The summed E-state index contributed by atoms with van der Waals surface area (Å²) in [7, 11) is 3.88. The summed E-state index contributed by atoms with van der Waals surface area (Å²) in [6.45, 7) is 2.51. The SMILES string of the molecule is CC(CN(C)C)OC(=O)c1c2ccccc2n2cc(OCC#N)ccc12. The molecule has 0 fully saturated rings. The number of nitrogens with zero attached hydrogens (tertiary/aromatic N) is 3. The first-order valence-electron chi connectivity index (χ1n) is 8.39. The van der Waals surface area contributed by atoms with Crippen molar-refractivity contribution in [1.29, 1.82) is 5.26 Å². The molecule has 0 aliphatic heterocycles. The minimum absolute atomic E-state index is 0.0261. The minimum atomic E-state index is -0.344. The summed E-state index contributed by atoms with van der Waals surface area (Å²) in [5.74, 6) is 0.226. The topological polar surface area (TPSA) is 67.0 Å². The minimum Gasteiger partial charge on any atom is -0.477 e. The van der Waals surface area contributed by atoms with Crippen molar-refractivity contribution in [3.05, 3.63) is 48.2 Å². The van der Waals surface area contributed by atoms with Crippen molar-refractivity contribution in [3.8, 4) is 11.8 Å². The number of hydrogen-bond acceptors (Lipinski definition) is 5. The Labute approximate surface area is 152 Å². The van der Waals surface area contributed by atoms with Crippen molar-refractivity contribution in [2.24, 2.45) is 0 Å². The maximum Gasteiger partial charge on any atom is 0.341 e. The molecule has 1 aromatic carbocycles. The van der Waals surface area contributed by atoms with Gasteiger partial charge in [0.2, 0.25) is 0 Å². The van der Waals surface area contributed by atoms with E-state index in [2.05, 4.69) is 0 Å². The first-order valence-corrected chi connectivity index (χ1v) is 8.39. The highest BCUT2D eigenvalue weighted by molar-refractivity contribution is 6.11. The van der Waals surface area contributed by atoms with Crippen LogP contribution in [0.5, 0.6) is 5.75 Å². The third kappa shape index (κ3) is 3.48. The predicted molar refractivity (Wildman–Crippen MR) is 99.4 cm³/mol. The Morgan fingerprint density at radius 2 is 2.00 bits per heavy atom. The van der Waals surface area contributed by atoms with Crippen LogP contribution in [0.15, 0.2) is 42.6 Å². The number of ether oxygens (including phenoxy) is 2. The van der Waals surface area contributed by atoms with Crippen molar-refractivity contribution >= 4 is 22.4 Å². The lowest BCUT2D eigenvalue weighted by Crippen LogP contribution is -2.28. The number of rotatable bonds is 6. The van der Waals surface area contributed by atoms with Crippen molar-refractivity contribution in [1.82, 2.24) is 9.30 Å². The molecule has 0 aliphatic carbocycles. The normalized spacial score (nSPS) is 12.3. The van der Waals surface area contributed by atoms with E-state index in [4.69, 9.17) is 14.7 Å². The number of carbonyl (C=O) groups is 1. The molecule has 0 radical (unpaired) electrons. The number of hydrogen-bond donors (Lipinski definition) is 0. The van der Waals surface area contributed by atoms with Gasteiger partial charge in [0.25, 0.3) is 0 Å². The standard InChI is InChI=1S/C20H21N3O3/c1-14(12-22(2)3)26-20(24)19-16-6-4-5-7-17(16)23-13-15(25-11-10-21)8-9-18(19)23/h4-9,13-14H,11-12H2,1-3H3. The molecule has 1 unspecified atom stereocenters. The maximum atomic E-state index is 12.9. The average molecular weight is 351 g/mol. The number of aromatic nitrogens is 1. The lowest BCUT2D eigenvalue weighted by molar-refractivity contribution is 0.0293. The Bertz CT molecular complexity index is 985. The van der Waals surface area contributed by atoms with E-state index in [9.17, 15) is 4.79 Å². The van der Waals surface area contributed by atoms with E-state index >= 15 is 0 Å². The molecule has 134 valence electrons. The molecular weight excluding hydrogens is 330 g/mol. The van der Waals surface area contributed by atoms with Gasteiger partial charge in [0.1, 0.15) is 17.9 Å². The van der Waals surface area contributed by atoms with E-state index in [1.807, 2.05) is 66.7 Å². The monoisotopic (exact) mass is 351 g/mol. The largest absolute Gasteiger partial charge is 0.477 e. The van der Waals surface area contributed by atoms with E-state index in [0.717, 1.165) is 16.4 Å². The van der Waals surface area contributed by atoms with Gasteiger partial charge >= 0.3 is 5.97 Å². The van der Waals surface area contributed by atoms with Crippen LogP contribution in [-0.2, 0) is 4.74 Å². The number of likely N-dealkylation sites (N-methyl/N-ethyl adjacent to an activating group) is 1. The Balaban J connectivity index is 2.06. The fourth-order valence-electron chi connectivity index (χ4n) is 3.13. The highest BCUT2D eigenvalue weighted by Crippen LogP contribution is 2.29. The highest BCUT2D eigenvalue weighted by Gasteiger charge is 2.21. The summed E-state index contributed by atoms with van der Waals surface area (Å²) in [6.07, 6.45) is 1.57. The van der Waals surface area contributed by atoms with Gasteiger partial charge in [0, 0.05) is 11.9 Å². The zero-order valence-corrected chi connectivity index (χ0v) is 15.1. The van der Waals surface area contributed by atoms with Crippen LogP contribution in [0.25, 0.3) is 16.4 Å². The van der Waals surface area contributed by atoms with Crippen LogP contribution < -0.4 is 4.74 Å². The summed E-state index contributed by atoms with van der Waals surface area (Å²) in [6, 6.07) is 13.2. The molecule has 3 rings (SSSR count). The fraction of sp³-hybridized carbons (Fsp3) is 0.300. The van der Waals surface area contributed by atoms with Crippen LogP contribution in [0, 0.1) is 11.3 Å². The molecule has 26 heavy (non-hydrogen) atoms. The first-order chi connectivity index (χ1) is 12.5. The predicted octanol–water partition coefficient (Wildman–Crippen LogP) is 3.10. The smallest absolute Gasteiger partial charge is 0.341 e. The third-order valence-electron chi connectivity index (χ3n) is 4.05. The Morgan fingerprint density at radius 1 is 1.23 bits per heavy atom. The number of esters is 1. The van der Waals surface area contributed by atoms with Crippen LogP contribution in [0.2, 0.25) is 0 Å². The fourth-order valence-corrected chi connectivity index (χ4v) is 3.13. The van der Waals surface area contributed by atoms with Crippen molar-refractivity contribution in [2.45, 2.75) is 13.0 Å². The van der Waals surface area contributed by atoms with E-state index in [-0.39, 0.29) is 18.7 Å². The molecule has 3 aromatic rings. The second kappa shape index (κ2) is 7.46. The molecule has 2 aromatic heterocycles.